The summed E-state index contributed by atoms with van der Waals surface area (Å²) >= 11 is 0. The van der Waals surface area contributed by atoms with Crippen LogP contribution in [0.5, 0.6) is 0 Å². The number of aromatic nitrogens is 1. The molecule has 2 N–H and O–H groups in total. The van der Waals surface area contributed by atoms with E-state index < -0.39 is 10.9 Å². The van der Waals surface area contributed by atoms with Crippen molar-refractivity contribution in [3.63, 3.8) is 0 Å². The highest BCUT2D eigenvalue weighted by Crippen LogP contribution is 2.14. The first-order valence-corrected chi connectivity index (χ1v) is 7.19. The van der Waals surface area contributed by atoms with Gasteiger partial charge in [-0.05, 0) is 24.8 Å². The van der Waals surface area contributed by atoms with E-state index in [2.05, 4.69) is 9.98 Å². The molecule has 0 bridgehead atoms. The minimum atomic E-state index is -0.539. The molecule has 0 saturated carbocycles. The van der Waals surface area contributed by atoms with Gasteiger partial charge >= 0.3 is 0 Å². The minimum Gasteiger partial charge on any atom is -0.613 e. The second kappa shape index (κ2) is 8.39. The number of aliphatic imine (C=N–C) groups is 1. The van der Waals surface area contributed by atoms with Crippen LogP contribution in [0.3, 0.4) is 0 Å². The normalized spacial score (nSPS) is 12.0. The molecule has 0 atom stereocenters. The number of pyridine rings is 1. The van der Waals surface area contributed by atoms with E-state index in [9.17, 15) is 15.2 Å². The third kappa shape index (κ3) is 5.18. The summed E-state index contributed by atoms with van der Waals surface area (Å²) in [7, 11) is 0. The van der Waals surface area contributed by atoms with E-state index >= 15 is 0 Å². The zero-order valence-electron chi connectivity index (χ0n) is 13.0. The van der Waals surface area contributed by atoms with Gasteiger partial charge in [0.2, 0.25) is 5.84 Å². The van der Waals surface area contributed by atoms with E-state index in [1.807, 2.05) is 30.3 Å². The van der Waals surface area contributed by atoms with Gasteiger partial charge in [-0.3, -0.25) is 15.4 Å². The van der Waals surface area contributed by atoms with E-state index in [0.29, 0.717) is 5.84 Å². The number of nitrogens with zero attached hydrogens (tertiary/aromatic N) is 3. The van der Waals surface area contributed by atoms with Crippen molar-refractivity contribution in [2.75, 3.05) is 6.61 Å². The van der Waals surface area contributed by atoms with Crippen LogP contribution in [0, 0.1) is 10.1 Å². The van der Waals surface area contributed by atoms with Gasteiger partial charge in [-0.15, -0.1) is 0 Å². The fourth-order valence-corrected chi connectivity index (χ4v) is 1.82. The molecule has 0 fully saturated rings. The number of hydrogen-bond donors (Lipinski definition) is 1. The highest BCUT2D eigenvalue weighted by molar-refractivity contribution is 5.87. The van der Waals surface area contributed by atoms with Crippen molar-refractivity contribution in [3.8, 4) is 0 Å². The molecule has 0 aliphatic rings. The third-order valence-electron chi connectivity index (χ3n) is 2.85. The molecule has 124 valence electrons. The van der Waals surface area contributed by atoms with Gasteiger partial charge < -0.3 is 9.84 Å². The minimum absolute atomic E-state index is 0.128. The van der Waals surface area contributed by atoms with Crippen molar-refractivity contribution in [2.45, 2.75) is 6.92 Å². The third-order valence-corrected chi connectivity index (χ3v) is 2.85. The summed E-state index contributed by atoms with van der Waals surface area (Å²) in [5.74, 6) is 0.0645. The molecule has 24 heavy (non-hydrogen) atoms. The summed E-state index contributed by atoms with van der Waals surface area (Å²) in [6, 6.07) is 12.0. The van der Waals surface area contributed by atoms with Crippen LogP contribution in [0.25, 0.3) is 0 Å². The lowest BCUT2D eigenvalue weighted by Crippen LogP contribution is -2.81. The fraction of sp³-hybridized carbons (Fsp3) is 0.125. The van der Waals surface area contributed by atoms with Crippen molar-refractivity contribution < 1.29 is 20.1 Å². The van der Waals surface area contributed by atoms with Crippen LogP contribution in [-0.2, 0) is 4.74 Å². The molecular formula is C16H16N4O4. The van der Waals surface area contributed by atoms with Gasteiger partial charge in [0.25, 0.3) is 5.69 Å². The van der Waals surface area contributed by atoms with E-state index in [4.69, 9.17) is 4.74 Å². The van der Waals surface area contributed by atoms with Crippen molar-refractivity contribution in [3.05, 3.63) is 70.8 Å². The highest BCUT2D eigenvalue weighted by atomic mass is 16.6. The van der Waals surface area contributed by atoms with Gasteiger partial charge in [0, 0.05) is 12.1 Å². The average molecular weight is 328 g/mol. The number of nitro groups is 1. The quantitative estimate of drug-likeness (QED) is 0.213. The number of hydrogen-bond acceptors (Lipinski definition) is 6. The predicted molar refractivity (Wildman–Crippen MR) is 85.7 cm³/mol. The molecule has 0 radical (unpaired) electrons. The maximum atomic E-state index is 11.7. The molecule has 0 unspecified atom stereocenters. The van der Waals surface area contributed by atoms with Crippen LogP contribution in [-0.4, -0.2) is 22.3 Å². The van der Waals surface area contributed by atoms with Gasteiger partial charge in [0.05, 0.1) is 10.9 Å². The molecule has 1 aromatic heterocycles. The number of quaternary nitrogens is 1. The lowest BCUT2D eigenvalue weighted by Gasteiger charge is -2.11. The Bertz CT molecular complexity index is 742. The lowest BCUT2D eigenvalue weighted by molar-refractivity contribution is -0.443. The summed E-state index contributed by atoms with van der Waals surface area (Å²) < 4.78 is 4.89. The van der Waals surface area contributed by atoms with Gasteiger partial charge in [0.1, 0.15) is 11.9 Å². The maximum absolute atomic E-state index is 11.7. The second-order valence-electron chi connectivity index (χ2n) is 4.62. The molecule has 0 aliphatic carbocycles. The van der Waals surface area contributed by atoms with Crippen molar-refractivity contribution in [1.29, 1.82) is 0 Å². The molecule has 0 spiro atoms. The summed E-state index contributed by atoms with van der Waals surface area (Å²) in [6.07, 6.45) is 2.36. The van der Waals surface area contributed by atoms with Crippen molar-refractivity contribution >= 4 is 23.0 Å². The number of rotatable bonds is 6. The maximum Gasteiger partial charge on any atom is 0.287 e. The number of amidine groups is 1. The van der Waals surface area contributed by atoms with Crippen molar-refractivity contribution in [2.24, 2.45) is 4.99 Å². The second-order valence-corrected chi connectivity index (χ2v) is 4.62. The van der Waals surface area contributed by atoms with E-state index in [-0.39, 0.29) is 18.1 Å². The number of para-hydroxylation sites is 1. The number of benzene rings is 1. The summed E-state index contributed by atoms with van der Waals surface area (Å²) in [5, 5.41) is 24.0. The topological polar surface area (TPSA) is 117 Å². The van der Waals surface area contributed by atoms with Crippen LogP contribution in [0.4, 0.5) is 17.2 Å². The Balaban J connectivity index is 2.29. The molecule has 8 heteroatoms. The molecule has 8 nitrogen and oxygen atoms in total. The first-order valence-electron chi connectivity index (χ1n) is 7.19. The van der Waals surface area contributed by atoms with Crippen LogP contribution < -0.4 is 10.4 Å². The summed E-state index contributed by atoms with van der Waals surface area (Å²) in [6.45, 7) is 1.96. The van der Waals surface area contributed by atoms with Gasteiger partial charge in [-0.2, -0.15) is 4.99 Å². The smallest absolute Gasteiger partial charge is 0.287 e. The Morgan fingerprint density at radius 1 is 1.33 bits per heavy atom. The average Bonchev–Trinajstić information content (AvgIpc) is 2.56. The Kier molecular flexibility index (Phi) is 5.98. The van der Waals surface area contributed by atoms with Gasteiger partial charge in [0.15, 0.2) is 5.82 Å². The largest absolute Gasteiger partial charge is 0.613 e. The van der Waals surface area contributed by atoms with Crippen molar-refractivity contribution in [1.82, 2.24) is 4.98 Å². The molecule has 2 aromatic rings. The zero-order valence-corrected chi connectivity index (χ0v) is 13.0. The van der Waals surface area contributed by atoms with E-state index in [1.165, 1.54) is 18.2 Å². The first kappa shape index (κ1) is 17.1. The molecule has 1 aromatic carbocycles. The highest BCUT2D eigenvalue weighted by Gasteiger charge is 2.08. The van der Waals surface area contributed by atoms with Crippen LogP contribution in [0.1, 0.15) is 6.92 Å². The molecule has 0 amide bonds. The van der Waals surface area contributed by atoms with Gasteiger partial charge in [-0.25, -0.2) is 4.98 Å². The fourth-order valence-electron chi connectivity index (χ4n) is 1.82. The summed E-state index contributed by atoms with van der Waals surface area (Å²) in [5.41, 5.74) is 0.718. The Morgan fingerprint density at radius 3 is 2.67 bits per heavy atom. The van der Waals surface area contributed by atoms with Crippen LogP contribution in [0.2, 0.25) is 0 Å². The molecule has 0 saturated heterocycles. The lowest BCUT2D eigenvalue weighted by atomic mass is 10.3. The molecule has 2 rings (SSSR count). The number of ether oxygens (including phenoxy) is 1. The van der Waals surface area contributed by atoms with Gasteiger partial charge in [-0.1, -0.05) is 25.1 Å². The number of nitrogens with two attached hydrogens (primary N) is 1. The van der Waals surface area contributed by atoms with Crippen LogP contribution in [0.15, 0.2) is 65.7 Å². The molecular weight excluding hydrogens is 312 g/mol. The standard InChI is InChI=1S/C16H16N4O4/c1-2-24-16(21)10-15(18-12-6-4-3-5-7-12)19-14-9-8-13(11-17-14)20(22)23/h3-11,21H,2H2,1H3,(H,17,18,19)/b16-10+. The SMILES string of the molecule is CCO/C([O-])=C/C(=Nc1ccc([N+](=O)[O-])cn1)[NH2+]c1ccccc1. The van der Waals surface area contributed by atoms with E-state index in [1.54, 1.807) is 12.2 Å². The Labute approximate surface area is 138 Å². The molecule has 0 aliphatic heterocycles. The first-order chi connectivity index (χ1) is 11.6. The van der Waals surface area contributed by atoms with Crippen LogP contribution >= 0.6 is 0 Å². The Morgan fingerprint density at radius 2 is 2.08 bits per heavy atom. The zero-order chi connectivity index (χ0) is 17.4. The predicted octanol–water partition coefficient (Wildman–Crippen LogP) is 1.15. The van der Waals surface area contributed by atoms with E-state index in [0.717, 1.165) is 11.9 Å². The monoisotopic (exact) mass is 328 g/mol. The summed E-state index contributed by atoms with van der Waals surface area (Å²) in [4.78, 5) is 18.3. The Hall–Kier alpha value is -3.26. The molecule has 1 heterocycles.